The number of anilines is 1. The van der Waals surface area contributed by atoms with Gasteiger partial charge in [0.05, 0.1) is 17.0 Å². The number of hydrogen-bond acceptors (Lipinski definition) is 4. The fourth-order valence-electron chi connectivity index (χ4n) is 2.97. The van der Waals surface area contributed by atoms with Crippen molar-refractivity contribution in [2.24, 2.45) is 5.92 Å². The van der Waals surface area contributed by atoms with E-state index in [2.05, 4.69) is 20.5 Å². The van der Waals surface area contributed by atoms with Gasteiger partial charge < -0.3 is 10.6 Å². The third-order valence-corrected chi connectivity index (χ3v) is 4.88. The van der Waals surface area contributed by atoms with E-state index in [4.69, 9.17) is 11.6 Å². The summed E-state index contributed by atoms with van der Waals surface area (Å²) >= 11 is 5.80. The van der Waals surface area contributed by atoms with Gasteiger partial charge in [0.2, 0.25) is 11.8 Å². The van der Waals surface area contributed by atoms with Gasteiger partial charge >= 0.3 is 0 Å². The van der Waals surface area contributed by atoms with Gasteiger partial charge in [0.1, 0.15) is 5.82 Å². The molecule has 0 bridgehead atoms. The summed E-state index contributed by atoms with van der Waals surface area (Å²) in [5.74, 6) is 0.385. The molecule has 1 aliphatic heterocycles. The number of rotatable bonds is 5. The average molecular weight is 351 g/mol. The van der Waals surface area contributed by atoms with Crippen LogP contribution in [0.3, 0.4) is 0 Å². The molecular weight excluding hydrogens is 328 g/mol. The van der Waals surface area contributed by atoms with Gasteiger partial charge in [0.15, 0.2) is 0 Å². The number of amides is 2. The Kier molecular flexibility index (Phi) is 5.36. The zero-order chi connectivity index (χ0) is 17.1. The molecule has 1 aromatic heterocycles. The highest BCUT2D eigenvalue weighted by molar-refractivity contribution is 6.30. The van der Waals surface area contributed by atoms with E-state index in [9.17, 15) is 9.59 Å². The summed E-state index contributed by atoms with van der Waals surface area (Å²) in [4.78, 5) is 30.9. The van der Waals surface area contributed by atoms with E-state index in [0.717, 1.165) is 32.2 Å². The van der Waals surface area contributed by atoms with Gasteiger partial charge in [-0.05, 0) is 51.3 Å². The molecule has 0 unspecified atom stereocenters. The standard InChI is InChI=1S/C17H23ClN4O2/c1-11(16(23)20-14-5-6-14)22-8-2-3-12(10-22)17(24)21-15-7-4-13(18)9-19-15/h4,7,9,11-12,14H,2-3,5-6,8,10H2,1H3,(H,20,23)(H,19,21,24)/t11-,12-/m1/s1. The second-order valence-electron chi connectivity index (χ2n) is 6.64. The minimum Gasteiger partial charge on any atom is -0.352 e. The summed E-state index contributed by atoms with van der Waals surface area (Å²) in [6.45, 7) is 3.36. The fourth-order valence-corrected chi connectivity index (χ4v) is 3.08. The number of likely N-dealkylation sites (tertiary alicyclic amines) is 1. The molecule has 2 N–H and O–H groups in total. The number of pyridine rings is 1. The first-order valence-corrected chi connectivity index (χ1v) is 8.87. The summed E-state index contributed by atoms with van der Waals surface area (Å²) in [6, 6.07) is 3.54. The minimum absolute atomic E-state index is 0.0516. The van der Waals surface area contributed by atoms with E-state index in [1.54, 1.807) is 12.1 Å². The molecule has 7 heteroatoms. The van der Waals surface area contributed by atoms with E-state index in [-0.39, 0.29) is 23.8 Å². The smallest absolute Gasteiger partial charge is 0.237 e. The Bertz CT molecular complexity index is 603. The molecule has 2 aliphatic rings. The lowest BCUT2D eigenvalue weighted by molar-refractivity contribution is -0.129. The van der Waals surface area contributed by atoms with Crippen molar-refractivity contribution < 1.29 is 9.59 Å². The van der Waals surface area contributed by atoms with E-state index in [0.29, 0.717) is 23.4 Å². The number of nitrogens with zero attached hydrogens (tertiary/aromatic N) is 2. The van der Waals surface area contributed by atoms with Crippen LogP contribution in [0.4, 0.5) is 5.82 Å². The number of halogens is 1. The lowest BCUT2D eigenvalue weighted by atomic mass is 9.96. The number of carbonyl (C=O) groups is 2. The molecule has 2 amide bonds. The Hall–Kier alpha value is -1.66. The topological polar surface area (TPSA) is 74.3 Å². The van der Waals surface area contributed by atoms with Crippen molar-refractivity contribution >= 4 is 29.2 Å². The van der Waals surface area contributed by atoms with E-state index < -0.39 is 0 Å². The minimum atomic E-state index is -0.199. The Morgan fingerprint density at radius 2 is 2.12 bits per heavy atom. The van der Waals surface area contributed by atoms with Crippen LogP contribution < -0.4 is 10.6 Å². The summed E-state index contributed by atoms with van der Waals surface area (Å²) in [5.41, 5.74) is 0. The summed E-state index contributed by atoms with van der Waals surface area (Å²) < 4.78 is 0. The molecule has 1 aliphatic carbocycles. The first-order chi connectivity index (χ1) is 11.5. The highest BCUT2D eigenvalue weighted by Crippen LogP contribution is 2.22. The van der Waals surface area contributed by atoms with Gasteiger partial charge in [-0.2, -0.15) is 0 Å². The van der Waals surface area contributed by atoms with Crippen LogP contribution in [0.1, 0.15) is 32.6 Å². The van der Waals surface area contributed by atoms with Gasteiger partial charge in [-0.15, -0.1) is 0 Å². The largest absolute Gasteiger partial charge is 0.352 e. The quantitative estimate of drug-likeness (QED) is 0.852. The van der Waals surface area contributed by atoms with Crippen LogP contribution in [-0.2, 0) is 9.59 Å². The SMILES string of the molecule is C[C@H](C(=O)NC1CC1)N1CCC[C@@H](C(=O)Nc2ccc(Cl)cn2)C1. The highest BCUT2D eigenvalue weighted by atomic mass is 35.5. The molecule has 1 aromatic rings. The Morgan fingerprint density at radius 1 is 1.33 bits per heavy atom. The summed E-state index contributed by atoms with van der Waals surface area (Å²) in [6.07, 6.45) is 5.41. The van der Waals surface area contributed by atoms with E-state index >= 15 is 0 Å². The van der Waals surface area contributed by atoms with Gasteiger partial charge in [-0.3, -0.25) is 14.5 Å². The van der Waals surface area contributed by atoms with Gasteiger partial charge in [-0.25, -0.2) is 4.98 Å². The number of carbonyl (C=O) groups excluding carboxylic acids is 2. The van der Waals surface area contributed by atoms with Crippen molar-refractivity contribution in [2.75, 3.05) is 18.4 Å². The predicted octanol–water partition coefficient (Wildman–Crippen LogP) is 2.05. The Labute approximate surface area is 147 Å². The number of piperidine rings is 1. The van der Waals surface area contributed by atoms with Crippen molar-refractivity contribution in [3.05, 3.63) is 23.4 Å². The zero-order valence-corrected chi connectivity index (χ0v) is 14.6. The molecule has 130 valence electrons. The number of nitrogens with one attached hydrogen (secondary N) is 2. The van der Waals surface area contributed by atoms with Crippen LogP contribution in [0.15, 0.2) is 18.3 Å². The normalized spacial score (nSPS) is 22.7. The van der Waals surface area contributed by atoms with Crippen LogP contribution in [-0.4, -0.2) is 46.9 Å². The van der Waals surface area contributed by atoms with Crippen LogP contribution in [0.5, 0.6) is 0 Å². The van der Waals surface area contributed by atoms with Crippen molar-refractivity contribution in [3.63, 3.8) is 0 Å². The Morgan fingerprint density at radius 3 is 2.79 bits per heavy atom. The molecule has 2 atom stereocenters. The second-order valence-corrected chi connectivity index (χ2v) is 7.08. The molecular formula is C17H23ClN4O2. The van der Waals surface area contributed by atoms with Crippen molar-refractivity contribution in [3.8, 4) is 0 Å². The predicted molar refractivity (Wildman–Crippen MR) is 92.8 cm³/mol. The van der Waals surface area contributed by atoms with Crippen LogP contribution in [0.2, 0.25) is 5.02 Å². The number of aromatic nitrogens is 1. The third-order valence-electron chi connectivity index (χ3n) is 4.65. The zero-order valence-electron chi connectivity index (χ0n) is 13.8. The maximum Gasteiger partial charge on any atom is 0.237 e. The summed E-state index contributed by atoms with van der Waals surface area (Å²) in [7, 11) is 0. The molecule has 24 heavy (non-hydrogen) atoms. The molecule has 0 spiro atoms. The van der Waals surface area contributed by atoms with E-state index in [1.165, 1.54) is 6.20 Å². The number of hydrogen-bond donors (Lipinski definition) is 2. The average Bonchev–Trinajstić information content (AvgIpc) is 3.40. The van der Waals surface area contributed by atoms with E-state index in [1.807, 2.05) is 6.92 Å². The molecule has 2 heterocycles. The van der Waals surface area contributed by atoms with Gasteiger partial charge in [0, 0.05) is 18.8 Å². The molecule has 1 saturated heterocycles. The highest BCUT2D eigenvalue weighted by Gasteiger charge is 2.33. The lowest BCUT2D eigenvalue weighted by Crippen LogP contribution is -2.51. The fraction of sp³-hybridized carbons (Fsp3) is 0.588. The maximum atomic E-state index is 12.5. The maximum absolute atomic E-state index is 12.5. The molecule has 3 rings (SSSR count). The van der Waals surface area contributed by atoms with Crippen molar-refractivity contribution in [2.45, 2.75) is 44.7 Å². The third kappa shape index (κ3) is 4.45. The molecule has 2 fully saturated rings. The molecule has 1 saturated carbocycles. The molecule has 0 aromatic carbocycles. The molecule has 6 nitrogen and oxygen atoms in total. The lowest BCUT2D eigenvalue weighted by Gasteiger charge is -2.35. The van der Waals surface area contributed by atoms with Gasteiger partial charge in [0.25, 0.3) is 0 Å². The second kappa shape index (κ2) is 7.49. The first kappa shape index (κ1) is 17.2. The van der Waals surface area contributed by atoms with Crippen LogP contribution in [0, 0.1) is 5.92 Å². The van der Waals surface area contributed by atoms with Crippen molar-refractivity contribution in [1.82, 2.24) is 15.2 Å². The summed E-state index contributed by atoms with van der Waals surface area (Å²) in [5, 5.41) is 6.40. The van der Waals surface area contributed by atoms with Crippen LogP contribution >= 0.6 is 11.6 Å². The first-order valence-electron chi connectivity index (χ1n) is 8.50. The molecule has 0 radical (unpaired) electrons. The van der Waals surface area contributed by atoms with Crippen LogP contribution in [0.25, 0.3) is 0 Å². The Balaban J connectivity index is 1.54. The van der Waals surface area contributed by atoms with Gasteiger partial charge in [-0.1, -0.05) is 11.6 Å². The monoisotopic (exact) mass is 350 g/mol. The van der Waals surface area contributed by atoms with Crippen molar-refractivity contribution in [1.29, 1.82) is 0 Å².